The summed E-state index contributed by atoms with van der Waals surface area (Å²) in [4.78, 5) is 11.7. The van der Waals surface area contributed by atoms with Gasteiger partial charge < -0.3 is 15.6 Å². The molecule has 0 spiro atoms. The number of carboxylic acids is 1. The first-order valence-corrected chi connectivity index (χ1v) is 6.65. The van der Waals surface area contributed by atoms with E-state index in [0.717, 1.165) is 11.1 Å². The van der Waals surface area contributed by atoms with Gasteiger partial charge in [-0.05, 0) is 32.3 Å². The van der Waals surface area contributed by atoms with Gasteiger partial charge in [0.05, 0.1) is 0 Å². The van der Waals surface area contributed by atoms with Gasteiger partial charge in [0.1, 0.15) is 5.41 Å². The molecule has 0 fully saturated rings. The Morgan fingerprint density at radius 2 is 2.21 bits per heavy atom. The smallest absolute Gasteiger partial charge is 0.315 e. The molecule has 19 heavy (non-hydrogen) atoms. The highest BCUT2D eigenvalue weighted by molar-refractivity contribution is 5.81. The van der Waals surface area contributed by atoms with Crippen LogP contribution in [0.5, 0.6) is 0 Å². The van der Waals surface area contributed by atoms with Crippen LogP contribution in [0.1, 0.15) is 30.9 Å². The van der Waals surface area contributed by atoms with E-state index in [-0.39, 0.29) is 6.54 Å². The van der Waals surface area contributed by atoms with Crippen molar-refractivity contribution in [2.75, 3.05) is 19.8 Å². The number of aliphatic carboxylic acids is 1. The molecule has 106 valence electrons. The third-order valence-electron chi connectivity index (χ3n) is 3.42. The van der Waals surface area contributed by atoms with E-state index in [4.69, 9.17) is 10.5 Å². The van der Waals surface area contributed by atoms with Crippen LogP contribution in [-0.4, -0.2) is 30.8 Å². The van der Waals surface area contributed by atoms with Crippen LogP contribution in [0.15, 0.2) is 24.3 Å². The topological polar surface area (TPSA) is 72.5 Å². The van der Waals surface area contributed by atoms with Crippen molar-refractivity contribution in [3.05, 3.63) is 35.4 Å². The molecule has 1 aromatic rings. The Bertz CT molecular complexity index is 420. The van der Waals surface area contributed by atoms with Crippen molar-refractivity contribution in [2.45, 2.75) is 32.1 Å². The van der Waals surface area contributed by atoms with Crippen molar-refractivity contribution in [2.24, 2.45) is 5.73 Å². The van der Waals surface area contributed by atoms with Gasteiger partial charge in [-0.1, -0.05) is 29.8 Å². The highest BCUT2D eigenvalue weighted by atomic mass is 16.5. The minimum Gasteiger partial charge on any atom is -0.481 e. The summed E-state index contributed by atoms with van der Waals surface area (Å²) in [7, 11) is 0. The van der Waals surface area contributed by atoms with Crippen LogP contribution in [0.3, 0.4) is 0 Å². The number of carboxylic acid groups (broad SMARTS) is 1. The minimum absolute atomic E-state index is 0.0952. The molecule has 0 aliphatic carbocycles. The van der Waals surface area contributed by atoms with Gasteiger partial charge in [0.2, 0.25) is 0 Å². The fraction of sp³-hybridized carbons (Fsp3) is 0.533. The molecule has 3 N–H and O–H groups in total. The van der Waals surface area contributed by atoms with E-state index in [1.807, 2.05) is 38.1 Å². The van der Waals surface area contributed by atoms with Crippen LogP contribution in [0.25, 0.3) is 0 Å². The maximum absolute atomic E-state index is 11.7. The lowest BCUT2D eigenvalue weighted by Crippen LogP contribution is -2.43. The quantitative estimate of drug-likeness (QED) is 0.706. The number of aryl methyl sites for hydroxylation is 1. The van der Waals surface area contributed by atoms with E-state index in [9.17, 15) is 9.90 Å². The summed E-state index contributed by atoms with van der Waals surface area (Å²) < 4.78 is 5.28. The molecule has 0 aliphatic heterocycles. The summed E-state index contributed by atoms with van der Waals surface area (Å²) in [5.41, 5.74) is 6.59. The van der Waals surface area contributed by atoms with Gasteiger partial charge in [-0.15, -0.1) is 0 Å². The molecule has 1 atom stereocenters. The molecule has 0 aliphatic rings. The Balaban J connectivity index is 2.95. The third kappa shape index (κ3) is 3.78. The zero-order chi connectivity index (χ0) is 14.3. The number of rotatable bonds is 8. The molecular formula is C15H23NO3. The van der Waals surface area contributed by atoms with Crippen molar-refractivity contribution < 1.29 is 14.6 Å². The van der Waals surface area contributed by atoms with Crippen LogP contribution < -0.4 is 5.73 Å². The second kappa shape index (κ2) is 7.26. The maximum Gasteiger partial charge on any atom is 0.315 e. The highest BCUT2D eigenvalue weighted by Crippen LogP contribution is 2.29. The summed E-state index contributed by atoms with van der Waals surface area (Å²) in [5, 5.41) is 9.60. The summed E-state index contributed by atoms with van der Waals surface area (Å²) in [6.07, 6.45) is 1.17. The molecule has 1 unspecified atom stereocenters. The van der Waals surface area contributed by atoms with E-state index < -0.39 is 11.4 Å². The molecular weight excluding hydrogens is 242 g/mol. The zero-order valence-electron chi connectivity index (χ0n) is 11.7. The van der Waals surface area contributed by atoms with Gasteiger partial charge in [-0.25, -0.2) is 0 Å². The SMILES string of the molecule is CCOCCCC(CN)(C(=O)O)c1cccc(C)c1. The van der Waals surface area contributed by atoms with Crippen LogP contribution in [0.4, 0.5) is 0 Å². The number of nitrogens with two attached hydrogens (primary N) is 1. The molecule has 0 radical (unpaired) electrons. The lowest BCUT2D eigenvalue weighted by atomic mass is 9.76. The van der Waals surface area contributed by atoms with Crippen LogP contribution in [0, 0.1) is 6.92 Å². The Kier molecular flexibility index (Phi) is 5.99. The molecule has 1 rings (SSSR count). The summed E-state index contributed by atoms with van der Waals surface area (Å²) in [6.45, 7) is 5.18. The van der Waals surface area contributed by atoms with Gasteiger partial charge in [-0.2, -0.15) is 0 Å². The van der Waals surface area contributed by atoms with E-state index in [0.29, 0.717) is 26.1 Å². The molecule has 0 amide bonds. The monoisotopic (exact) mass is 265 g/mol. The first kappa shape index (κ1) is 15.7. The predicted molar refractivity (Wildman–Crippen MR) is 75.3 cm³/mol. The van der Waals surface area contributed by atoms with E-state index in [2.05, 4.69) is 0 Å². The lowest BCUT2D eigenvalue weighted by molar-refractivity contribution is -0.144. The van der Waals surface area contributed by atoms with E-state index in [1.54, 1.807) is 0 Å². The molecule has 0 heterocycles. The average molecular weight is 265 g/mol. The second-order valence-electron chi connectivity index (χ2n) is 4.76. The van der Waals surface area contributed by atoms with Crippen molar-refractivity contribution >= 4 is 5.97 Å². The number of benzene rings is 1. The van der Waals surface area contributed by atoms with Gasteiger partial charge in [0.25, 0.3) is 0 Å². The Morgan fingerprint density at radius 3 is 2.74 bits per heavy atom. The molecule has 1 aromatic carbocycles. The summed E-state index contributed by atoms with van der Waals surface area (Å²) >= 11 is 0. The largest absolute Gasteiger partial charge is 0.481 e. The Morgan fingerprint density at radius 1 is 1.47 bits per heavy atom. The molecule has 0 saturated carbocycles. The Hall–Kier alpha value is -1.39. The first-order chi connectivity index (χ1) is 9.06. The number of carbonyl (C=O) groups is 1. The van der Waals surface area contributed by atoms with Gasteiger partial charge >= 0.3 is 5.97 Å². The normalized spacial score (nSPS) is 14.1. The Labute approximate surface area is 114 Å². The molecule has 0 aromatic heterocycles. The third-order valence-corrected chi connectivity index (χ3v) is 3.42. The van der Waals surface area contributed by atoms with Gasteiger partial charge in [-0.3, -0.25) is 4.79 Å². The summed E-state index contributed by atoms with van der Waals surface area (Å²) in [6, 6.07) is 7.57. The molecule has 0 bridgehead atoms. The number of hydrogen-bond donors (Lipinski definition) is 2. The molecule has 0 saturated heterocycles. The van der Waals surface area contributed by atoms with Crippen molar-refractivity contribution in [1.82, 2.24) is 0 Å². The van der Waals surface area contributed by atoms with E-state index in [1.165, 1.54) is 0 Å². The van der Waals surface area contributed by atoms with Gasteiger partial charge in [0, 0.05) is 19.8 Å². The molecule has 4 nitrogen and oxygen atoms in total. The highest BCUT2D eigenvalue weighted by Gasteiger charge is 2.38. The van der Waals surface area contributed by atoms with Crippen LogP contribution in [-0.2, 0) is 14.9 Å². The van der Waals surface area contributed by atoms with Gasteiger partial charge in [0.15, 0.2) is 0 Å². The number of ether oxygens (including phenoxy) is 1. The van der Waals surface area contributed by atoms with Crippen molar-refractivity contribution in [3.63, 3.8) is 0 Å². The fourth-order valence-electron chi connectivity index (χ4n) is 2.25. The standard InChI is InChI=1S/C15H23NO3/c1-3-19-9-5-8-15(11-16,14(17)18)13-7-4-6-12(2)10-13/h4,6-7,10H,3,5,8-9,11,16H2,1-2H3,(H,17,18). The van der Waals surface area contributed by atoms with Crippen LogP contribution >= 0.6 is 0 Å². The van der Waals surface area contributed by atoms with Crippen LogP contribution in [0.2, 0.25) is 0 Å². The number of hydrogen-bond acceptors (Lipinski definition) is 3. The maximum atomic E-state index is 11.7. The zero-order valence-corrected chi connectivity index (χ0v) is 11.7. The minimum atomic E-state index is -1.01. The first-order valence-electron chi connectivity index (χ1n) is 6.65. The predicted octanol–water partition coefficient (Wildman–Crippen LogP) is 2.09. The lowest BCUT2D eigenvalue weighted by Gasteiger charge is -2.28. The second-order valence-corrected chi connectivity index (χ2v) is 4.76. The fourth-order valence-corrected chi connectivity index (χ4v) is 2.25. The van der Waals surface area contributed by atoms with Crippen molar-refractivity contribution in [1.29, 1.82) is 0 Å². The summed E-state index contributed by atoms with van der Waals surface area (Å²) in [5.74, 6) is -0.864. The van der Waals surface area contributed by atoms with E-state index >= 15 is 0 Å². The molecule has 4 heteroatoms. The van der Waals surface area contributed by atoms with Crippen molar-refractivity contribution in [3.8, 4) is 0 Å². The average Bonchev–Trinajstić information content (AvgIpc) is 2.39.